The van der Waals surface area contributed by atoms with E-state index in [0.717, 1.165) is 0 Å². The van der Waals surface area contributed by atoms with Crippen molar-refractivity contribution in [3.05, 3.63) is 58.3 Å². The molecule has 0 saturated carbocycles. The Kier molecular flexibility index (Phi) is 2.79. The minimum atomic E-state index is -0.452. The maximum atomic E-state index is 13.0. The van der Waals surface area contributed by atoms with Crippen LogP contribution in [0.3, 0.4) is 0 Å². The van der Waals surface area contributed by atoms with Gasteiger partial charge < -0.3 is 4.42 Å². The van der Waals surface area contributed by atoms with Gasteiger partial charge in [0.1, 0.15) is 5.82 Å². The molecule has 1 aromatic heterocycles. The lowest BCUT2D eigenvalue weighted by Gasteiger charge is -2.02. The van der Waals surface area contributed by atoms with Gasteiger partial charge in [-0.2, -0.15) is 0 Å². The molecule has 82 valence electrons. The van der Waals surface area contributed by atoms with Crippen LogP contribution >= 0.6 is 11.6 Å². The highest BCUT2D eigenvalue weighted by atomic mass is 35.5. The average molecular weight is 239 g/mol. The molecule has 16 heavy (non-hydrogen) atoms. The molecule has 4 heteroatoms. The number of rotatable bonds is 2. The number of hydrogen-bond donors (Lipinski definition) is 0. The van der Waals surface area contributed by atoms with Gasteiger partial charge in [0.15, 0.2) is 11.0 Å². The Morgan fingerprint density at radius 2 is 2.06 bits per heavy atom. The van der Waals surface area contributed by atoms with E-state index in [4.69, 9.17) is 16.0 Å². The van der Waals surface area contributed by atoms with Crippen molar-refractivity contribution in [2.45, 2.75) is 6.92 Å². The highest BCUT2D eigenvalue weighted by Crippen LogP contribution is 2.19. The molecule has 1 aromatic carbocycles. The van der Waals surface area contributed by atoms with Crippen LogP contribution in [0.15, 0.2) is 34.7 Å². The number of halogens is 2. The molecule has 2 nitrogen and oxygen atoms in total. The van der Waals surface area contributed by atoms with Crippen molar-refractivity contribution in [3.8, 4) is 0 Å². The second-order valence-electron chi connectivity index (χ2n) is 3.39. The third-order valence-corrected chi connectivity index (χ3v) is 2.44. The molecule has 0 aliphatic heterocycles. The van der Waals surface area contributed by atoms with Gasteiger partial charge in [-0.05, 0) is 48.4 Å². The van der Waals surface area contributed by atoms with E-state index in [1.165, 1.54) is 24.3 Å². The maximum absolute atomic E-state index is 13.0. The number of ketones is 1. The van der Waals surface area contributed by atoms with Gasteiger partial charge in [-0.25, -0.2) is 4.39 Å². The highest BCUT2D eigenvalue weighted by Gasteiger charge is 2.16. The summed E-state index contributed by atoms with van der Waals surface area (Å²) >= 11 is 5.57. The molecule has 2 aromatic rings. The second kappa shape index (κ2) is 4.10. The summed E-state index contributed by atoms with van der Waals surface area (Å²) in [6.07, 6.45) is 0. The minimum Gasteiger partial charge on any atom is -0.441 e. The van der Waals surface area contributed by atoms with E-state index in [1.807, 2.05) is 0 Å². The zero-order valence-corrected chi connectivity index (χ0v) is 9.22. The van der Waals surface area contributed by atoms with Crippen LogP contribution in [0.5, 0.6) is 0 Å². The standard InChI is InChI=1S/C12H8ClFO2/c1-7-2-3-8(14)6-9(7)12(15)10-4-5-11(13)16-10/h2-6H,1H3. The lowest BCUT2D eigenvalue weighted by Crippen LogP contribution is -2.02. The first-order valence-corrected chi connectivity index (χ1v) is 5.02. The first kappa shape index (κ1) is 10.9. The van der Waals surface area contributed by atoms with Crippen LogP contribution in [-0.2, 0) is 0 Å². The average Bonchev–Trinajstić information content (AvgIpc) is 2.67. The minimum absolute atomic E-state index is 0.110. The fourth-order valence-corrected chi connectivity index (χ4v) is 1.55. The summed E-state index contributed by atoms with van der Waals surface area (Å²) in [4.78, 5) is 11.9. The summed E-state index contributed by atoms with van der Waals surface area (Å²) < 4.78 is 18.0. The van der Waals surface area contributed by atoms with Crippen molar-refractivity contribution in [3.63, 3.8) is 0 Å². The summed E-state index contributed by atoms with van der Waals surface area (Å²) in [7, 11) is 0. The van der Waals surface area contributed by atoms with Gasteiger partial charge in [-0.3, -0.25) is 4.79 Å². The molecule has 0 saturated heterocycles. The van der Waals surface area contributed by atoms with E-state index in [2.05, 4.69) is 0 Å². The predicted octanol–water partition coefficient (Wildman–Crippen LogP) is 3.61. The van der Waals surface area contributed by atoms with Crippen LogP contribution in [-0.4, -0.2) is 5.78 Å². The number of furan rings is 1. The van der Waals surface area contributed by atoms with Crippen molar-refractivity contribution in [2.75, 3.05) is 0 Å². The first-order chi connectivity index (χ1) is 7.58. The van der Waals surface area contributed by atoms with E-state index in [9.17, 15) is 9.18 Å². The molecule has 1 heterocycles. The molecule has 0 amide bonds. The molecule has 2 rings (SSSR count). The number of carbonyl (C=O) groups is 1. The number of aryl methyl sites for hydroxylation is 1. The van der Waals surface area contributed by atoms with Crippen LogP contribution in [0.1, 0.15) is 21.7 Å². The topological polar surface area (TPSA) is 30.2 Å². The van der Waals surface area contributed by atoms with Gasteiger partial charge in [0, 0.05) is 5.56 Å². The summed E-state index contributed by atoms with van der Waals surface area (Å²) in [5, 5.41) is 0.136. The molecule has 0 aliphatic carbocycles. The Labute approximate surface area is 96.6 Å². The van der Waals surface area contributed by atoms with Crippen molar-refractivity contribution >= 4 is 17.4 Å². The summed E-state index contributed by atoms with van der Waals surface area (Å²) in [6, 6.07) is 6.99. The SMILES string of the molecule is Cc1ccc(F)cc1C(=O)c1ccc(Cl)o1. The maximum Gasteiger partial charge on any atom is 0.228 e. The fraction of sp³-hybridized carbons (Fsp3) is 0.0833. The monoisotopic (exact) mass is 238 g/mol. The number of hydrogen-bond acceptors (Lipinski definition) is 2. The zero-order chi connectivity index (χ0) is 11.7. The third kappa shape index (κ3) is 1.99. The van der Waals surface area contributed by atoms with Gasteiger partial charge in [-0.15, -0.1) is 0 Å². The van der Waals surface area contributed by atoms with E-state index < -0.39 is 5.82 Å². The van der Waals surface area contributed by atoms with E-state index in [0.29, 0.717) is 5.56 Å². The molecule has 0 aliphatic rings. The quantitative estimate of drug-likeness (QED) is 0.748. The van der Waals surface area contributed by atoms with Crippen molar-refractivity contribution in [1.82, 2.24) is 0 Å². The summed E-state index contributed by atoms with van der Waals surface area (Å²) in [5.41, 5.74) is 0.977. The fourth-order valence-electron chi connectivity index (χ4n) is 1.41. The van der Waals surface area contributed by atoms with Gasteiger partial charge >= 0.3 is 0 Å². The van der Waals surface area contributed by atoms with Crippen LogP contribution in [0, 0.1) is 12.7 Å². The highest BCUT2D eigenvalue weighted by molar-refractivity contribution is 6.29. The largest absolute Gasteiger partial charge is 0.441 e. The summed E-state index contributed by atoms with van der Waals surface area (Å²) in [5.74, 6) is -0.714. The molecule has 0 spiro atoms. The number of benzene rings is 1. The third-order valence-electron chi connectivity index (χ3n) is 2.24. The van der Waals surface area contributed by atoms with Crippen LogP contribution in [0.2, 0.25) is 5.22 Å². The van der Waals surface area contributed by atoms with E-state index >= 15 is 0 Å². The van der Waals surface area contributed by atoms with Crippen molar-refractivity contribution in [1.29, 1.82) is 0 Å². The molecule has 0 radical (unpaired) electrons. The summed E-state index contributed by atoms with van der Waals surface area (Å²) in [6.45, 7) is 1.73. The predicted molar refractivity (Wildman–Crippen MR) is 58.3 cm³/mol. The molecule has 0 bridgehead atoms. The Morgan fingerprint density at radius 1 is 1.31 bits per heavy atom. The van der Waals surface area contributed by atoms with E-state index in [-0.39, 0.29) is 22.3 Å². The van der Waals surface area contributed by atoms with Crippen molar-refractivity contribution < 1.29 is 13.6 Å². The molecular formula is C12H8ClFO2. The molecule has 0 atom stereocenters. The Hall–Kier alpha value is -1.61. The zero-order valence-electron chi connectivity index (χ0n) is 8.46. The Morgan fingerprint density at radius 3 is 2.69 bits per heavy atom. The Balaban J connectivity index is 2.45. The van der Waals surface area contributed by atoms with Crippen LogP contribution < -0.4 is 0 Å². The Bertz CT molecular complexity index is 546. The van der Waals surface area contributed by atoms with Gasteiger partial charge in [0.05, 0.1) is 0 Å². The van der Waals surface area contributed by atoms with Gasteiger partial charge in [-0.1, -0.05) is 6.07 Å². The lowest BCUT2D eigenvalue weighted by atomic mass is 10.0. The van der Waals surface area contributed by atoms with Crippen molar-refractivity contribution in [2.24, 2.45) is 0 Å². The van der Waals surface area contributed by atoms with Crippen LogP contribution in [0.4, 0.5) is 4.39 Å². The molecule has 0 unspecified atom stereocenters. The van der Waals surface area contributed by atoms with E-state index in [1.54, 1.807) is 13.0 Å². The lowest BCUT2D eigenvalue weighted by molar-refractivity contribution is 0.101. The van der Waals surface area contributed by atoms with Gasteiger partial charge in [0.25, 0.3) is 0 Å². The normalized spacial score (nSPS) is 10.4. The molecule has 0 N–H and O–H groups in total. The van der Waals surface area contributed by atoms with Crippen LogP contribution in [0.25, 0.3) is 0 Å². The number of carbonyl (C=O) groups excluding carboxylic acids is 1. The second-order valence-corrected chi connectivity index (χ2v) is 3.76. The molecule has 0 fully saturated rings. The first-order valence-electron chi connectivity index (χ1n) is 4.64. The van der Waals surface area contributed by atoms with Gasteiger partial charge in [0.2, 0.25) is 5.78 Å². The smallest absolute Gasteiger partial charge is 0.228 e. The molecular weight excluding hydrogens is 231 g/mol.